The lowest BCUT2D eigenvalue weighted by atomic mass is 9.91. The number of halogens is 2. The first kappa shape index (κ1) is 21.4. The zero-order chi connectivity index (χ0) is 13.1. The summed E-state index contributed by atoms with van der Waals surface area (Å²) in [6.45, 7) is 7.12. The zero-order valence-corrected chi connectivity index (χ0v) is 18.0. The van der Waals surface area contributed by atoms with Gasteiger partial charge in [0.1, 0.15) is 0 Å². The summed E-state index contributed by atoms with van der Waals surface area (Å²) in [5, 5.41) is 0. The molecule has 0 amide bonds. The summed E-state index contributed by atoms with van der Waals surface area (Å²) in [6.07, 6.45) is 10.3. The first-order valence-corrected chi connectivity index (χ1v) is 8.15. The molecule has 2 nitrogen and oxygen atoms in total. The minimum atomic E-state index is 0. The predicted octanol–water partition coefficient (Wildman–Crippen LogP) is -3.11. The average molecular weight is 508 g/mol. The van der Waals surface area contributed by atoms with Gasteiger partial charge < -0.3 is 56.9 Å². The van der Waals surface area contributed by atoms with Gasteiger partial charge in [0.15, 0.2) is 0 Å². The second kappa shape index (κ2) is 9.50. The zero-order valence-electron chi connectivity index (χ0n) is 13.7. The molecule has 0 unspecified atom stereocenters. The molecule has 0 N–H and O–H groups in total. The molecule has 0 bridgehead atoms. The van der Waals surface area contributed by atoms with E-state index in [1.807, 2.05) is 0 Å². The van der Waals surface area contributed by atoms with Crippen LogP contribution in [0.1, 0.15) is 44.9 Å². The smallest absolute Gasteiger partial charge is 0.0785 e. The molecular weight excluding hydrogens is 474 g/mol. The predicted molar refractivity (Wildman–Crippen MR) is 78.4 cm³/mol. The molecule has 122 valence electrons. The van der Waals surface area contributed by atoms with Gasteiger partial charge in [0.05, 0.1) is 53.9 Å². The number of piperidine rings is 2. The van der Waals surface area contributed by atoms with E-state index in [0.717, 1.165) is 5.92 Å². The highest BCUT2D eigenvalue weighted by atomic mass is 127. The summed E-state index contributed by atoms with van der Waals surface area (Å²) < 4.78 is 2.62. The molecule has 2 saturated heterocycles. The third kappa shape index (κ3) is 7.09. The van der Waals surface area contributed by atoms with Crippen LogP contribution in [0.25, 0.3) is 0 Å². The number of hydrogen-bond acceptors (Lipinski definition) is 0. The Morgan fingerprint density at radius 3 is 1.90 bits per heavy atom. The van der Waals surface area contributed by atoms with Gasteiger partial charge in [0, 0.05) is 0 Å². The van der Waals surface area contributed by atoms with E-state index in [1.165, 1.54) is 86.6 Å². The molecule has 4 heteroatoms. The third-order valence-corrected chi connectivity index (χ3v) is 5.49. The van der Waals surface area contributed by atoms with Crippen LogP contribution in [0.4, 0.5) is 0 Å². The van der Waals surface area contributed by atoms with E-state index in [-0.39, 0.29) is 48.0 Å². The van der Waals surface area contributed by atoms with Gasteiger partial charge in [0.25, 0.3) is 0 Å². The summed E-state index contributed by atoms with van der Waals surface area (Å²) >= 11 is 0. The fourth-order valence-electron chi connectivity index (χ4n) is 3.87. The van der Waals surface area contributed by atoms with Crippen LogP contribution in [-0.2, 0) is 0 Å². The fraction of sp³-hybridized carbons (Fsp3) is 1.00. The maximum absolute atomic E-state index is 2.49. The van der Waals surface area contributed by atoms with Crippen LogP contribution in [0.2, 0.25) is 0 Å². The molecule has 20 heavy (non-hydrogen) atoms. The van der Waals surface area contributed by atoms with Crippen LogP contribution in [0, 0.1) is 5.92 Å². The summed E-state index contributed by atoms with van der Waals surface area (Å²) in [5.41, 5.74) is 0. The third-order valence-electron chi connectivity index (χ3n) is 5.49. The van der Waals surface area contributed by atoms with Gasteiger partial charge in [-0.1, -0.05) is 0 Å². The van der Waals surface area contributed by atoms with Gasteiger partial charge in [-0.25, -0.2) is 0 Å². The largest absolute Gasteiger partial charge is 1.00 e. The molecule has 0 aromatic carbocycles. The van der Waals surface area contributed by atoms with Gasteiger partial charge in [-0.05, 0) is 50.9 Å². The Kier molecular flexibility index (Phi) is 10.2. The maximum atomic E-state index is 2.49. The Balaban J connectivity index is 0.00000180. The van der Waals surface area contributed by atoms with E-state index in [4.69, 9.17) is 0 Å². The minimum absolute atomic E-state index is 0. The summed E-state index contributed by atoms with van der Waals surface area (Å²) in [5.74, 6) is 1.03. The molecule has 0 aliphatic carbocycles. The maximum Gasteiger partial charge on any atom is 0.0785 e. The molecule has 0 saturated carbocycles. The summed E-state index contributed by atoms with van der Waals surface area (Å²) in [6, 6.07) is 0. The van der Waals surface area contributed by atoms with Crippen LogP contribution in [0.15, 0.2) is 0 Å². The van der Waals surface area contributed by atoms with Crippen LogP contribution in [0.5, 0.6) is 0 Å². The lowest BCUT2D eigenvalue weighted by Crippen LogP contribution is -3.00. The van der Waals surface area contributed by atoms with Gasteiger partial charge in [-0.3, -0.25) is 0 Å². The second-order valence-corrected chi connectivity index (χ2v) is 7.82. The summed E-state index contributed by atoms with van der Waals surface area (Å²) in [4.78, 5) is 0. The lowest BCUT2D eigenvalue weighted by Gasteiger charge is -2.39. The molecule has 2 fully saturated rings. The highest BCUT2D eigenvalue weighted by molar-refractivity contribution is 4.64. The average Bonchev–Trinajstić information content (AvgIpc) is 2.32. The van der Waals surface area contributed by atoms with E-state index in [1.54, 1.807) is 0 Å². The Morgan fingerprint density at radius 1 is 0.800 bits per heavy atom. The highest BCUT2D eigenvalue weighted by Crippen LogP contribution is 2.25. The lowest BCUT2D eigenvalue weighted by molar-refractivity contribution is -0.914. The first-order valence-electron chi connectivity index (χ1n) is 8.15. The topological polar surface area (TPSA) is 0 Å². The van der Waals surface area contributed by atoms with E-state index < -0.39 is 0 Å². The number of rotatable bonds is 4. The van der Waals surface area contributed by atoms with E-state index in [0.29, 0.717) is 0 Å². The molecule has 0 atom stereocenters. The molecule has 2 heterocycles. The molecule has 2 rings (SSSR count). The quantitative estimate of drug-likeness (QED) is 0.279. The number of nitrogens with zero attached hydrogens (tertiary/aromatic N) is 2. The van der Waals surface area contributed by atoms with Crippen molar-refractivity contribution in [3.8, 4) is 0 Å². The molecule has 0 spiro atoms. The van der Waals surface area contributed by atoms with E-state index in [2.05, 4.69) is 21.1 Å². The van der Waals surface area contributed by atoms with Crippen molar-refractivity contribution in [3.63, 3.8) is 0 Å². The molecule has 2 aliphatic rings. The van der Waals surface area contributed by atoms with Crippen molar-refractivity contribution in [2.75, 3.05) is 53.9 Å². The molecule has 0 radical (unpaired) electrons. The number of hydrogen-bond donors (Lipinski definition) is 0. The molecular formula is C16H34I2N2. The van der Waals surface area contributed by atoms with Crippen molar-refractivity contribution in [2.24, 2.45) is 5.92 Å². The van der Waals surface area contributed by atoms with Gasteiger partial charge in [0.2, 0.25) is 0 Å². The van der Waals surface area contributed by atoms with Crippen molar-refractivity contribution in [2.45, 2.75) is 44.9 Å². The normalized spacial score (nSPS) is 25.4. The molecule has 2 aliphatic heterocycles. The number of likely N-dealkylation sites (tertiary alicyclic amines) is 2. The van der Waals surface area contributed by atoms with Crippen molar-refractivity contribution < 1.29 is 56.9 Å². The molecule has 0 aromatic heterocycles. The van der Waals surface area contributed by atoms with Crippen LogP contribution in [0.3, 0.4) is 0 Å². The highest BCUT2D eigenvalue weighted by Gasteiger charge is 2.28. The van der Waals surface area contributed by atoms with Gasteiger partial charge in [-0.15, -0.1) is 0 Å². The number of quaternary nitrogens is 2. The van der Waals surface area contributed by atoms with E-state index in [9.17, 15) is 0 Å². The second-order valence-electron chi connectivity index (χ2n) is 7.82. The van der Waals surface area contributed by atoms with Crippen LogP contribution < -0.4 is 48.0 Å². The SMILES string of the molecule is C[N+]1(C)CCC(CCC[N+]2(C)CCCCC2)CC1.[I-].[I-]. The van der Waals surface area contributed by atoms with Gasteiger partial charge in [-0.2, -0.15) is 0 Å². The monoisotopic (exact) mass is 508 g/mol. The Morgan fingerprint density at radius 2 is 1.35 bits per heavy atom. The standard InChI is InChI=1S/C16H34N2.2HI/c1-17(2)14-9-16(10-15-17)8-7-13-18(3)11-5-4-6-12-18;;/h16H,4-15H2,1-3H3;2*1H/q+2;;/p-2. The first-order chi connectivity index (χ1) is 8.49. The van der Waals surface area contributed by atoms with E-state index >= 15 is 0 Å². The van der Waals surface area contributed by atoms with Crippen molar-refractivity contribution in [3.05, 3.63) is 0 Å². The van der Waals surface area contributed by atoms with Crippen LogP contribution >= 0.6 is 0 Å². The Hall–Kier alpha value is 1.38. The summed E-state index contributed by atoms with van der Waals surface area (Å²) in [7, 11) is 7.26. The minimum Gasteiger partial charge on any atom is -1.00 e. The van der Waals surface area contributed by atoms with Crippen molar-refractivity contribution in [1.82, 2.24) is 0 Å². The Labute approximate surface area is 160 Å². The van der Waals surface area contributed by atoms with Crippen molar-refractivity contribution >= 4 is 0 Å². The van der Waals surface area contributed by atoms with Crippen LogP contribution in [-0.4, -0.2) is 62.8 Å². The molecule has 0 aromatic rings. The fourth-order valence-corrected chi connectivity index (χ4v) is 3.87. The van der Waals surface area contributed by atoms with Crippen molar-refractivity contribution in [1.29, 1.82) is 0 Å². The van der Waals surface area contributed by atoms with Gasteiger partial charge >= 0.3 is 0 Å². The Bertz CT molecular complexity index is 253.